The van der Waals surface area contributed by atoms with Crippen LogP contribution in [-0.4, -0.2) is 39.1 Å². The van der Waals surface area contributed by atoms with E-state index < -0.39 is 0 Å². The van der Waals surface area contributed by atoms with Crippen molar-refractivity contribution in [3.63, 3.8) is 0 Å². The Morgan fingerprint density at radius 2 is 1.77 bits per heavy atom. The van der Waals surface area contributed by atoms with Gasteiger partial charge in [0.25, 0.3) is 5.91 Å². The molecule has 6 nitrogen and oxygen atoms in total. The Morgan fingerprint density at radius 3 is 2.40 bits per heavy atom. The zero-order chi connectivity index (χ0) is 22.1. The lowest BCUT2D eigenvalue weighted by Gasteiger charge is -2.26. The third-order valence-electron chi connectivity index (χ3n) is 5.13. The number of benzene rings is 2. The second-order valence-corrected chi connectivity index (χ2v) is 8.89. The van der Waals surface area contributed by atoms with Crippen LogP contribution in [0.1, 0.15) is 50.7 Å². The van der Waals surface area contributed by atoms with Gasteiger partial charge in [-0.3, -0.25) is 14.3 Å². The molecule has 0 aliphatic heterocycles. The maximum Gasteiger partial charge on any atom is 0.255 e. The van der Waals surface area contributed by atoms with Crippen molar-refractivity contribution in [2.75, 3.05) is 11.9 Å². The summed E-state index contributed by atoms with van der Waals surface area (Å²) in [5, 5.41) is 9.27. The van der Waals surface area contributed by atoms with Crippen LogP contribution in [0.4, 0.5) is 5.82 Å². The SMILES string of the molecule is CC(C)N(CC(=O)Nc1cc(C(C)(C)C)nn1C)C(=O)c1cccc2ccccc12. The van der Waals surface area contributed by atoms with Crippen LogP contribution in [-0.2, 0) is 17.3 Å². The first kappa shape index (κ1) is 21.6. The van der Waals surface area contributed by atoms with Crippen molar-refractivity contribution < 1.29 is 9.59 Å². The maximum absolute atomic E-state index is 13.3. The Bertz CT molecular complexity index is 1070. The molecular weight excluding hydrogens is 376 g/mol. The summed E-state index contributed by atoms with van der Waals surface area (Å²) in [6, 6.07) is 15.2. The molecule has 0 saturated heterocycles. The molecule has 0 fully saturated rings. The summed E-state index contributed by atoms with van der Waals surface area (Å²) < 4.78 is 1.66. The van der Waals surface area contributed by atoms with Gasteiger partial charge in [-0.15, -0.1) is 0 Å². The van der Waals surface area contributed by atoms with E-state index >= 15 is 0 Å². The van der Waals surface area contributed by atoms with Crippen LogP contribution in [0.15, 0.2) is 48.5 Å². The van der Waals surface area contributed by atoms with Gasteiger partial charge in [-0.2, -0.15) is 5.10 Å². The summed E-state index contributed by atoms with van der Waals surface area (Å²) in [6.07, 6.45) is 0. The summed E-state index contributed by atoms with van der Waals surface area (Å²) in [7, 11) is 1.80. The first-order valence-corrected chi connectivity index (χ1v) is 10.2. The molecule has 0 aliphatic rings. The quantitative estimate of drug-likeness (QED) is 0.685. The first-order chi connectivity index (χ1) is 14.1. The number of fused-ring (bicyclic) bond motifs is 1. The van der Waals surface area contributed by atoms with Gasteiger partial charge in [0.05, 0.1) is 5.69 Å². The molecule has 158 valence electrons. The van der Waals surface area contributed by atoms with E-state index in [0.29, 0.717) is 11.4 Å². The van der Waals surface area contributed by atoms with E-state index in [0.717, 1.165) is 16.5 Å². The molecule has 0 unspecified atom stereocenters. The molecule has 3 aromatic rings. The summed E-state index contributed by atoms with van der Waals surface area (Å²) >= 11 is 0. The molecule has 1 aromatic heterocycles. The molecule has 0 saturated carbocycles. The lowest BCUT2D eigenvalue weighted by molar-refractivity contribution is -0.117. The van der Waals surface area contributed by atoms with Gasteiger partial charge < -0.3 is 10.2 Å². The number of carbonyl (C=O) groups excluding carboxylic acids is 2. The third kappa shape index (κ3) is 4.53. The lowest BCUT2D eigenvalue weighted by Crippen LogP contribution is -2.42. The molecular formula is C24H30N4O2. The van der Waals surface area contributed by atoms with Gasteiger partial charge in [0.2, 0.25) is 5.91 Å². The molecule has 0 aliphatic carbocycles. The number of hydrogen-bond donors (Lipinski definition) is 1. The topological polar surface area (TPSA) is 67.2 Å². The van der Waals surface area contributed by atoms with Gasteiger partial charge in [0.15, 0.2) is 0 Å². The van der Waals surface area contributed by atoms with E-state index in [4.69, 9.17) is 0 Å². The normalized spacial score (nSPS) is 11.7. The highest BCUT2D eigenvalue weighted by Gasteiger charge is 2.24. The molecule has 0 spiro atoms. The number of aromatic nitrogens is 2. The van der Waals surface area contributed by atoms with Gasteiger partial charge >= 0.3 is 0 Å². The third-order valence-corrected chi connectivity index (χ3v) is 5.13. The van der Waals surface area contributed by atoms with Crippen LogP contribution in [0, 0.1) is 0 Å². The average molecular weight is 407 g/mol. The van der Waals surface area contributed by atoms with Crippen molar-refractivity contribution in [2.45, 2.75) is 46.1 Å². The summed E-state index contributed by atoms with van der Waals surface area (Å²) in [5.74, 6) is 0.212. The average Bonchev–Trinajstić information content (AvgIpc) is 3.05. The number of hydrogen-bond acceptors (Lipinski definition) is 3. The Morgan fingerprint density at radius 1 is 1.10 bits per heavy atom. The van der Waals surface area contributed by atoms with Crippen molar-refractivity contribution in [1.82, 2.24) is 14.7 Å². The molecule has 0 atom stereocenters. The van der Waals surface area contributed by atoms with Gasteiger partial charge in [-0.25, -0.2) is 0 Å². The molecule has 0 radical (unpaired) electrons. The summed E-state index contributed by atoms with van der Waals surface area (Å²) in [4.78, 5) is 27.7. The fourth-order valence-electron chi connectivity index (χ4n) is 3.34. The monoisotopic (exact) mass is 406 g/mol. The van der Waals surface area contributed by atoms with Crippen LogP contribution >= 0.6 is 0 Å². The molecule has 1 N–H and O–H groups in total. The fourth-order valence-corrected chi connectivity index (χ4v) is 3.34. The lowest BCUT2D eigenvalue weighted by atomic mass is 9.92. The number of anilines is 1. The number of carbonyl (C=O) groups is 2. The number of rotatable bonds is 5. The van der Waals surface area contributed by atoms with Crippen molar-refractivity contribution >= 4 is 28.4 Å². The number of amides is 2. The zero-order valence-corrected chi connectivity index (χ0v) is 18.6. The van der Waals surface area contributed by atoms with Crippen molar-refractivity contribution in [3.05, 3.63) is 59.8 Å². The fraction of sp³-hybridized carbons (Fsp3) is 0.375. The first-order valence-electron chi connectivity index (χ1n) is 10.2. The highest BCUT2D eigenvalue weighted by Crippen LogP contribution is 2.24. The molecule has 30 heavy (non-hydrogen) atoms. The van der Waals surface area contributed by atoms with E-state index in [1.54, 1.807) is 16.6 Å². The smallest absolute Gasteiger partial charge is 0.255 e. The highest BCUT2D eigenvalue weighted by molar-refractivity contribution is 6.08. The minimum absolute atomic E-state index is 0.0320. The van der Waals surface area contributed by atoms with Crippen molar-refractivity contribution in [3.8, 4) is 0 Å². The van der Waals surface area contributed by atoms with E-state index in [1.165, 1.54) is 0 Å². The standard InChI is InChI=1S/C24H30N4O2/c1-16(2)28(23(30)19-13-9-11-17-10-7-8-12-18(17)19)15-22(29)25-21-14-20(24(3,4)5)26-27(21)6/h7-14,16H,15H2,1-6H3,(H,25,29). The summed E-state index contributed by atoms with van der Waals surface area (Å²) in [5.41, 5.74) is 1.38. The van der Waals surface area contributed by atoms with Crippen molar-refractivity contribution in [2.24, 2.45) is 7.05 Å². The molecule has 2 aromatic carbocycles. The van der Waals surface area contributed by atoms with Gasteiger partial charge in [0, 0.05) is 30.1 Å². The van der Waals surface area contributed by atoms with Crippen molar-refractivity contribution in [1.29, 1.82) is 0 Å². The zero-order valence-electron chi connectivity index (χ0n) is 18.6. The molecule has 2 amide bonds. The van der Waals surface area contributed by atoms with Crippen LogP contribution in [0.25, 0.3) is 10.8 Å². The second kappa shape index (κ2) is 8.30. The number of nitrogens with zero attached hydrogens (tertiary/aromatic N) is 3. The van der Waals surface area contributed by atoms with E-state index in [-0.39, 0.29) is 29.8 Å². The van der Waals surface area contributed by atoms with E-state index in [1.807, 2.05) is 62.4 Å². The number of nitrogens with one attached hydrogen (secondary N) is 1. The molecule has 1 heterocycles. The minimum atomic E-state index is -0.249. The highest BCUT2D eigenvalue weighted by atomic mass is 16.2. The number of aryl methyl sites for hydroxylation is 1. The maximum atomic E-state index is 13.3. The van der Waals surface area contributed by atoms with Gasteiger partial charge in [-0.1, -0.05) is 57.2 Å². The van der Waals surface area contributed by atoms with Gasteiger partial charge in [0.1, 0.15) is 12.4 Å². The largest absolute Gasteiger partial charge is 0.327 e. The Labute approximate surface area is 177 Å². The van der Waals surface area contributed by atoms with E-state index in [2.05, 4.69) is 31.2 Å². The molecule has 3 rings (SSSR count). The Balaban J connectivity index is 1.81. The van der Waals surface area contributed by atoms with Crippen LogP contribution in [0.2, 0.25) is 0 Å². The molecule has 6 heteroatoms. The van der Waals surface area contributed by atoms with Crippen LogP contribution in [0.5, 0.6) is 0 Å². The Hall–Kier alpha value is -3.15. The van der Waals surface area contributed by atoms with Crippen LogP contribution < -0.4 is 5.32 Å². The predicted octanol–water partition coefficient (Wildman–Crippen LogP) is 4.36. The predicted molar refractivity (Wildman–Crippen MR) is 121 cm³/mol. The Kier molecular flexibility index (Phi) is 5.97. The van der Waals surface area contributed by atoms with E-state index in [9.17, 15) is 9.59 Å². The summed E-state index contributed by atoms with van der Waals surface area (Å²) in [6.45, 7) is 10.0. The second-order valence-electron chi connectivity index (χ2n) is 8.89. The van der Waals surface area contributed by atoms with Crippen LogP contribution in [0.3, 0.4) is 0 Å². The molecule has 0 bridgehead atoms. The minimum Gasteiger partial charge on any atom is -0.327 e. The van der Waals surface area contributed by atoms with Gasteiger partial charge in [-0.05, 0) is 30.7 Å².